The van der Waals surface area contributed by atoms with Crippen molar-refractivity contribution in [2.24, 2.45) is 29.1 Å². The van der Waals surface area contributed by atoms with Gasteiger partial charge in [-0.1, -0.05) is 51.8 Å². The highest BCUT2D eigenvalue weighted by Crippen LogP contribution is 2.53. The summed E-state index contributed by atoms with van der Waals surface area (Å²) < 4.78 is 25.2. The molecule has 0 unspecified atom stereocenters. The van der Waals surface area contributed by atoms with E-state index in [1.807, 2.05) is 19.1 Å². The fourth-order valence-corrected chi connectivity index (χ4v) is 6.65. The van der Waals surface area contributed by atoms with Gasteiger partial charge in [-0.25, -0.2) is 8.42 Å². The lowest BCUT2D eigenvalue weighted by atomic mass is 9.69. The Balaban J connectivity index is 1.93. The lowest BCUT2D eigenvalue weighted by molar-refractivity contribution is 0.108. The van der Waals surface area contributed by atoms with Gasteiger partial charge in [0.05, 0.1) is 10.6 Å². The van der Waals surface area contributed by atoms with Crippen molar-refractivity contribution < 1.29 is 13.5 Å². The van der Waals surface area contributed by atoms with Gasteiger partial charge in [-0.2, -0.15) is 0 Å². The Kier molecular flexibility index (Phi) is 8.16. The molecule has 2 rings (SSSR count). The average molecular weight is 409 g/mol. The number of aryl methyl sites for hydroxylation is 1. The van der Waals surface area contributed by atoms with E-state index in [9.17, 15) is 13.5 Å². The van der Waals surface area contributed by atoms with Crippen LogP contribution in [0.25, 0.3) is 0 Å². The third-order valence-corrected chi connectivity index (χ3v) is 8.99. The molecule has 0 heterocycles. The standard InChI is InChI=1S/C24H40O3S/c1-18(2)22-12-14-24(5,15-16-25)23(22)11-8-20(4)13-17-28(26,27)21-9-6-19(3)7-10-21/h6-7,9-10,18,20,22-23,25H,8,11-17H2,1-5H3/t20-,22+,23-,24+/m0/s1. The molecular weight excluding hydrogens is 368 g/mol. The topological polar surface area (TPSA) is 54.4 Å². The van der Waals surface area contributed by atoms with E-state index in [2.05, 4.69) is 27.7 Å². The maximum absolute atomic E-state index is 12.6. The van der Waals surface area contributed by atoms with Crippen LogP contribution in [-0.2, 0) is 9.84 Å². The molecule has 3 nitrogen and oxygen atoms in total. The Labute approximate surface area is 172 Å². The number of rotatable bonds is 10. The SMILES string of the molecule is Cc1ccc(S(=O)(=O)CC[C@@H](C)CC[C@H]2[C@@H](C(C)C)CC[C@]2(C)CCO)cc1. The van der Waals surface area contributed by atoms with Crippen LogP contribution in [0.2, 0.25) is 0 Å². The molecule has 1 N–H and O–H groups in total. The molecule has 160 valence electrons. The second kappa shape index (κ2) is 9.75. The Hall–Kier alpha value is -0.870. The fourth-order valence-electron chi connectivity index (χ4n) is 5.15. The number of sulfone groups is 1. The zero-order valence-corrected chi connectivity index (χ0v) is 19.3. The van der Waals surface area contributed by atoms with E-state index in [1.54, 1.807) is 12.1 Å². The van der Waals surface area contributed by atoms with E-state index >= 15 is 0 Å². The van der Waals surface area contributed by atoms with Crippen LogP contribution in [0.15, 0.2) is 29.2 Å². The lowest BCUT2D eigenvalue weighted by Crippen LogP contribution is -2.29. The van der Waals surface area contributed by atoms with Crippen LogP contribution in [-0.4, -0.2) is 25.9 Å². The highest BCUT2D eigenvalue weighted by molar-refractivity contribution is 7.91. The predicted octanol–water partition coefficient (Wildman–Crippen LogP) is 5.65. The van der Waals surface area contributed by atoms with Gasteiger partial charge in [-0.15, -0.1) is 0 Å². The maximum Gasteiger partial charge on any atom is 0.178 e. The zero-order valence-electron chi connectivity index (χ0n) is 18.4. The molecule has 28 heavy (non-hydrogen) atoms. The summed E-state index contributed by atoms with van der Waals surface area (Å²) in [6, 6.07) is 7.18. The van der Waals surface area contributed by atoms with Gasteiger partial charge in [0, 0.05) is 6.61 Å². The van der Waals surface area contributed by atoms with E-state index in [0.29, 0.717) is 29.1 Å². The van der Waals surface area contributed by atoms with E-state index < -0.39 is 9.84 Å². The van der Waals surface area contributed by atoms with Gasteiger partial charge < -0.3 is 5.11 Å². The number of hydrogen-bond donors (Lipinski definition) is 1. The van der Waals surface area contributed by atoms with E-state index in [0.717, 1.165) is 30.7 Å². The van der Waals surface area contributed by atoms with Crippen LogP contribution < -0.4 is 0 Å². The van der Waals surface area contributed by atoms with Gasteiger partial charge in [0.25, 0.3) is 0 Å². The number of aliphatic hydroxyl groups excluding tert-OH is 1. The first kappa shape index (κ1) is 23.4. The quantitative estimate of drug-likeness (QED) is 0.544. The van der Waals surface area contributed by atoms with E-state index in [-0.39, 0.29) is 17.8 Å². The lowest BCUT2D eigenvalue weighted by Gasteiger charge is -2.36. The third kappa shape index (κ3) is 5.82. The van der Waals surface area contributed by atoms with E-state index in [4.69, 9.17) is 0 Å². The number of benzene rings is 1. The first-order chi connectivity index (χ1) is 13.1. The molecule has 1 saturated carbocycles. The van der Waals surface area contributed by atoms with Crippen LogP contribution >= 0.6 is 0 Å². The molecule has 0 aliphatic heterocycles. The number of aliphatic hydroxyl groups is 1. The molecule has 0 amide bonds. The van der Waals surface area contributed by atoms with Crippen molar-refractivity contribution in [3.8, 4) is 0 Å². The van der Waals surface area contributed by atoms with Crippen molar-refractivity contribution in [1.82, 2.24) is 0 Å². The predicted molar refractivity (Wildman–Crippen MR) is 117 cm³/mol. The molecule has 1 aromatic rings. The molecule has 1 aromatic carbocycles. The zero-order chi connectivity index (χ0) is 20.9. The number of hydrogen-bond acceptors (Lipinski definition) is 3. The second-order valence-electron chi connectivity index (χ2n) is 9.78. The van der Waals surface area contributed by atoms with Crippen molar-refractivity contribution in [2.45, 2.75) is 78.0 Å². The maximum atomic E-state index is 12.6. The largest absolute Gasteiger partial charge is 0.396 e. The molecular formula is C24H40O3S. The molecule has 0 saturated heterocycles. The highest BCUT2D eigenvalue weighted by atomic mass is 32.2. The molecule has 4 atom stereocenters. The Morgan fingerprint density at radius 2 is 1.79 bits per heavy atom. The second-order valence-corrected chi connectivity index (χ2v) is 11.9. The van der Waals surface area contributed by atoms with Gasteiger partial charge in [-0.3, -0.25) is 0 Å². The summed E-state index contributed by atoms with van der Waals surface area (Å²) in [5, 5.41) is 9.54. The molecule has 1 fully saturated rings. The van der Waals surface area contributed by atoms with Gasteiger partial charge in [-0.05, 0) is 80.2 Å². The summed E-state index contributed by atoms with van der Waals surface area (Å²) in [6.07, 6.45) is 6.28. The molecule has 0 aromatic heterocycles. The summed E-state index contributed by atoms with van der Waals surface area (Å²) in [6.45, 7) is 11.4. The van der Waals surface area contributed by atoms with Crippen molar-refractivity contribution >= 4 is 9.84 Å². The molecule has 0 spiro atoms. The van der Waals surface area contributed by atoms with Crippen LogP contribution in [0.1, 0.15) is 71.8 Å². The van der Waals surface area contributed by atoms with Crippen LogP contribution in [0.3, 0.4) is 0 Å². The van der Waals surface area contributed by atoms with Crippen molar-refractivity contribution in [3.63, 3.8) is 0 Å². The normalized spacial score (nSPS) is 26.7. The summed E-state index contributed by atoms with van der Waals surface area (Å²) in [5.41, 5.74) is 1.31. The molecule has 4 heteroatoms. The van der Waals surface area contributed by atoms with Gasteiger partial charge in [0.1, 0.15) is 0 Å². The van der Waals surface area contributed by atoms with Crippen LogP contribution in [0.5, 0.6) is 0 Å². The van der Waals surface area contributed by atoms with Gasteiger partial charge in [0.2, 0.25) is 0 Å². The smallest absolute Gasteiger partial charge is 0.178 e. The molecule has 1 aliphatic carbocycles. The van der Waals surface area contributed by atoms with Crippen molar-refractivity contribution in [3.05, 3.63) is 29.8 Å². The van der Waals surface area contributed by atoms with Crippen molar-refractivity contribution in [1.29, 1.82) is 0 Å². The van der Waals surface area contributed by atoms with Crippen molar-refractivity contribution in [2.75, 3.05) is 12.4 Å². The third-order valence-electron chi connectivity index (χ3n) is 7.23. The van der Waals surface area contributed by atoms with Gasteiger partial charge >= 0.3 is 0 Å². The Morgan fingerprint density at radius 3 is 2.36 bits per heavy atom. The molecule has 0 radical (unpaired) electrons. The van der Waals surface area contributed by atoms with E-state index in [1.165, 1.54) is 12.8 Å². The first-order valence-electron chi connectivity index (χ1n) is 11.0. The summed E-state index contributed by atoms with van der Waals surface area (Å²) in [5.74, 6) is 2.65. The minimum atomic E-state index is -3.20. The highest BCUT2D eigenvalue weighted by Gasteiger charge is 2.45. The first-order valence-corrected chi connectivity index (χ1v) is 12.6. The Bertz CT molecular complexity index is 708. The summed E-state index contributed by atoms with van der Waals surface area (Å²) >= 11 is 0. The van der Waals surface area contributed by atoms with Crippen LogP contribution in [0, 0.1) is 36.0 Å². The minimum absolute atomic E-state index is 0.226. The monoisotopic (exact) mass is 408 g/mol. The summed E-state index contributed by atoms with van der Waals surface area (Å²) in [7, 11) is -3.20. The molecule has 0 bridgehead atoms. The Morgan fingerprint density at radius 1 is 1.14 bits per heavy atom. The molecule has 1 aliphatic rings. The minimum Gasteiger partial charge on any atom is -0.396 e. The average Bonchev–Trinajstić information content (AvgIpc) is 2.95. The van der Waals surface area contributed by atoms with Gasteiger partial charge in [0.15, 0.2) is 9.84 Å². The summed E-state index contributed by atoms with van der Waals surface area (Å²) in [4.78, 5) is 0.441. The fraction of sp³-hybridized carbons (Fsp3) is 0.750. The van der Waals surface area contributed by atoms with Crippen LogP contribution in [0.4, 0.5) is 0 Å².